The summed E-state index contributed by atoms with van der Waals surface area (Å²) in [4.78, 5) is 16.7. The summed E-state index contributed by atoms with van der Waals surface area (Å²) in [5.74, 6) is -0.0608. The Bertz CT molecular complexity index is 349. The van der Waals surface area contributed by atoms with Crippen LogP contribution in [-0.2, 0) is 6.54 Å². The Balaban J connectivity index is 2.54. The Morgan fingerprint density at radius 2 is 2.33 bits per heavy atom. The van der Waals surface area contributed by atoms with Crippen LogP contribution in [0.2, 0.25) is 0 Å². The molecule has 0 spiro atoms. The molecule has 0 unspecified atom stereocenters. The van der Waals surface area contributed by atoms with Gasteiger partial charge in [-0.3, -0.25) is 4.79 Å². The van der Waals surface area contributed by atoms with E-state index in [2.05, 4.69) is 4.98 Å². The number of nitrogens with zero attached hydrogens (tertiary/aromatic N) is 2. The van der Waals surface area contributed by atoms with E-state index in [4.69, 9.17) is 5.11 Å². The quantitative estimate of drug-likeness (QED) is 0.602. The van der Waals surface area contributed by atoms with E-state index >= 15 is 0 Å². The molecule has 62 valence electrons. The lowest BCUT2D eigenvalue weighted by Crippen LogP contribution is -2.17. The second-order valence-corrected chi connectivity index (χ2v) is 2.82. The highest BCUT2D eigenvalue weighted by Gasteiger charge is 2.25. The van der Waals surface area contributed by atoms with Crippen molar-refractivity contribution in [2.75, 3.05) is 7.05 Å². The summed E-state index contributed by atoms with van der Waals surface area (Å²) in [6.45, 7) is 0.489. The van der Waals surface area contributed by atoms with E-state index in [1.165, 1.54) is 6.07 Å². The smallest absolute Gasteiger partial charge is 0.255 e. The van der Waals surface area contributed by atoms with E-state index in [9.17, 15) is 4.79 Å². The maximum absolute atomic E-state index is 11.3. The second kappa shape index (κ2) is 2.20. The van der Waals surface area contributed by atoms with Crippen LogP contribution in [0.4, 0.5) is 0 Å². The van der Waals surface area contributed by atoms with Crippen LogP contribution in [0.15, 0.2) is 12.1 Å². The molecule has 12 heavy (non-hydrogen) atoms. The van der Waals surface area contributed by atoms with Crippen molar-refractivity contribution < 1.29 is 9.90 Å². The van der Waals surface area contributed by atoms with E-state index in [0.29, 0.717) is 17.8 Å². The number of aromatic nitrogens is 1. The summed E-state index contributed by atoms with van der Waals surface area (Å²) in [5, 5.41) is 9.03. The number of hydrogen-bond donors (Lipinski definition) is 1. The molecule has 1 aliphatic rings. The summed E-state index contributed by atoms with van der Waals surface area (Å²) in [5.41, 5.74) is 1.25. The average molecular weight is 164 g/mol. The predicted octanol–water partition coefficient (Wildman–Crippen LogP) is 0.373. The third-order valence-corrected chi connectivity index (χ3v) is 1.92. The minimum absolute atomic E-state index is 0.0301. The molecule has 1 aromatic heterocycles. The first-order chi connectivity index (χ1) is 5.68. The van der Waals surface area contributed by atoms with Crippen LogP contribution in [0.5, 0.6) is 5.88 Å². The monoisotopic (exact) mass is 164 g/mol. The van der Waals surface area contributed by atoms with Gasteiger partial charge in [-0.25, -0.2) is 4.98 Å². The van der Waals surface area contributed by atoms with Crippen molar-refractivity contribution in [3.8, 4) is 5.88 Å². The van der Waals surface area contributed by atoms with Gasteiger partial charge in [-0.1, -0.05) is 0 Å². The number of pyridine rings is 1. The van der Waals surface area contributed by atoms with E-state index in [-0.39, 0.29) is 11.8 Å². The molecule has 1 N–H and O–H groups in total. The third kappa shape index (κ3) is 0.845. The van der Waals surface area contributed by atoms with Crippen molar-refractivity contribution in [3.63, 3.8) is 0 Å². The highest BCUT2D eigenvalue weighted by atomic mass is 16.3. The number of aromatic hydroxyl groups is 1. The van der Waals surface area contributed by atoms with Gasteiger partial charge in [0.05, 0.1) is 17.8 Å². The zero-order valence-electron chi connectivity index (χ0n) is 6.61. The molecule has 0 aromatic carbocycles. The molecule has 2 rings (SSSR count). The van der Waals surface area contributed by atoms with Crippen LogP contribution in [0, 0.1) is 0 Å². The fraction of sp³-hybridized carbons (Fsp3) is 0.250. The molecular weight excluding hydrogens is 156 g/mol. The lowest BCUT2D eigenvalue weighted by molar-refractivity contribution is 0.0816. The number of carbonyl (C=O) groups excluding carboxylic acids is 1. The van der Waals surface area contributed by atoms with Crippen molar-refractivity contribution in [2.45, 2.75) is 6.54 Å². The highest BCUT2D eigenvalue weighted by Crippen LogP contribution is 2.21. The minimum Gasteiger partial charge on any atom is -0.493 e. The molecule has 1 aromatic rings. The molecule has 2 heterocycles. The van der Waals surface area contributed by atoms with Gasteiger partial charge >= 0.3 is 0 Å². The van der Waals surface area contributed by atoms with E-state index < -0.39 is 0 Å². The minimum atomic E-state index is -0.0307. The van der Waals surface area contributed by atoms with Gasteiger partial charge in [0.2, 0.25) is 5.88 Å². The fourth-order valence-electron chi connectivity index (χ4n) is 1.31. The van der Waals surface area contributed by atoms with E-state index in [1.807, 2.05) is 0 Å². The van der Waals surface area contributed by atoms with Crippen LogP contribution >= 0.6 is 0 Å². The van der Waals surface area contributed by atoms with Gasteiger partial charge in [0, 0.05) is 13.1 Å². The lowest BCUT2D eigenvalue weighted by atomic mass is 10.2. The number of rotatable bonds is 0. The van der Waals surface area contributed by atoms with Crippen molar-refractivity contribution in [1.82, 2.24) is 9.88 Å². The molecule has 0 fully saturated rings. The molecule has 1 aliphatic heterocycles. The van der Waals surface area contributed by atoms with Crippen LogP contribution < -0.4 is 0 Å². The largest absolute Gasteiger partial charge is 0.493 e. The zero-order valence-corrected chi connectivity index (χ0v) is 6.61. The van der Waals surface area contributed by atoms with E-state index in [1.54, 1.807) is 18.0 Å². The summed E-state index contributed by atoms with van der Waals surface area (Å²) in [6, 6.07) is 3.03. The Morgan fingerprint density at radius 1 is 1.58 bits per heavy atom. The first kappa shape index (κ1) is 7.09. The molecule has 0 atom stereocenters. The first-order valence-corrected chi connectivity index (χ1v) is 3.63. The third-order valence-electron chi connectivity index (χ3n) is 1.92. The molecule has 1 amide bonds. The highest BCUT2D eigenvalue weighted by molar-refractivity contribution is 5.97. The number of hydrogen-bond acceptors (Lipinski definition) is 3. The molecule has 0 bridgehead atoms. The van der Waals surface area contributed by atoms with Gasteiger partial charge < -0.3 is 10.0 Å². The van der Waals surface area contributed by atoms with Gasteiger partial charge in [-0.05, 0) is 6.07 Å². The Hall–Kier alpha value is -1.58. The Kier molecular flexibility index (Phi) is 1.30. The number of amides is 1. The van der Waals surface area contributed by atoms with Crippen molar-refractivity contribution >= 4 is 5.91 Å². The van der Waals surface area contributed by atoms with Gasteiger partial charge in [0.25, 0.3) is 5.91 Å². The Labute approximate surface area is 69.5 Å². The standard InChI is InChI=1S/C8H8N2O2/c1-10-4-6-5(8(10)12)2-3-7(11)9-6/h2-3H,4H2,1H3,(H,9,11). The second-order valence-electron chi connectivity index (χ2n) is 2.82. The van der Waals surface area contributed by atoms with Crippen LogP contribution in [0.1, 0.15) is 16.1 Å². The maximum Gasteiger partial charge on any atom is 0.255 e. The van der Waals surface area contributed by atoms with Crippen molar-refractivity contribution in [1.29, 1.82) is 0 Å². The fourth-order valence-corrected chi connectivity index (χ4v) is 1.31. The molecule has 0 radical (unpaired) electrons. The van der Waals surface area contributed by atoms with Crippen LogP contribution in [0.3, 0.4) is 0 Å². The average Bonchev–Trinajstić information content (AvgIpc) is 2.28. The van der Waals surface area contributed by atoms with Crippen molar-refractivity contribution in [3.05, 3.63) is 23.4 Å². The topological polar surface area (TPSA) is 53.4 Å². The van der Waals surface area contributed by atoms with Crippen LogP contribution in [-0.4, -0.2) is 27.9 Å². The first-order valence-electron chi connectivity index (χ1n) is 3.63. The predicted molar refractivity (Wildman–Crippen MR) is 41.7 cm³/mol. The summed E-state index contributed by atoms with van der Waals surface area (Å²) >= 11 is 0. The van der Waals surface area contributed by atoms with Crippen molar-refractivity contribution in [2.24, 2.45) is 0 Å². The van der Waals surface area contributed by atoms with Gasteiger partial charge in [0.15, 0.2) is 0 Å². The molecule has 4 nitrogen and oxygen atoms in total. The van der Waals surface area contributed by atoms with Gasteiger partial charge in [-0.2, -0.15) is 0 Å². The van der Waals surface area contributed by atoms with Crippen LogP contribution in [0.25, 0.3) is 0 Å². The SMILES string of the molecule is CN1Cc2nc(O)ccc2C1=O. The zero-order chi connectivity index (χ0) is 8.72. The number of fused-ring (bicyclic) bond motifs is 1. The normalized spacial score (nSPS) is 15.1. The van der Waals surface area contributed by atoms with Gasteiger partial charge in [0.1, 0.15) is 0 Å². The molecular formula is C8H8N2O2. The summed E-state index contributed by atoms with van der Waals surface area (Å²) < 4.78 is 0. The summed E-state index contributed by atoms with van der Waals surface area (Å²) in [7, 11) is 1.71. The van der Waals surface area contributed by atoms with E-state index in [0.717, 1.165) is 0 Å². The lowest BCUT2D eigenvalue weighted by Gasteiger charge is -2.03. The number of carbonyl (C=O) groups is 1. The molecule has 0 aliphatic carbocycles. The molecule has 0 saturated heterocycles. The van der Waals surface area contributed by atoms with Gasteiger partial charge in [-0.15, -0.1) is 0 Å². The molecule has 0 saturated carbocycles. The Morgan fingerprint density at radius 3 is 3.08 bits per heavy atom. The molecule has 4 heteroatoms. The maximum atomic E-state index is 11.3. The summed E-state index contributed by atoms with van der Waals surface area (Å²) in [6.07, 6.45) is 0.